The molecule has 0 unspecified atom stereocenters. The summed E-state index contributed by atoms with van der Waals surface area (Å²) in [7, 11) is 0. The zero-order valence-corrected chi connectivity index (χ0v) is 7.82. The molecule has 14 heavy (non-hydrogen) atoms. The Kier molecular flexibility index (Phi) is 1.34. The van der Waals surface area contributed by atoms with Gasteiger partial charge >= 0.3 is 6.01 Å². The summed E-state index contributed by atoms with van der Waals surface area (Å²) >= 11 is 0. The summed E-state index contributed by atoms with van der Waals surface area (Å²) in [6.45, 7) is 2.06. The maximum Gasteiger partial charge on any atom is 0.319 e. The maximum absolute atomic E-state index is 5.61. The first-order chi connectivity index (χ1) is 6.75. The van der Waals surface area contributed by atoms with E-state index in [-0.39, 0.29) is 5.60 Å². The van der Waals surface area contributed by atoms with Crippen molar-refractivity contribution in [1.29, 1.82) is 0 Å². The third-order valence-corrected chi connectivity index (χ3v) is 2.45. The van der Waals surface area contributed by atoms with E-state index in [1.165, 1.54) is 0 Å². The molecule has 0 aliphatic heterocycles. The number of ether oxygens (including phenoxy) is 1. The number of nitrogens with one attached hydrogen (secondary N) is 1. The Morgan fingerprint density at radius 2 is 2.29 bits per heavy atom. The van der Waals surface area contributed by atoms with E-state index < -0.39 is 0 Å². The molecule has 2 aromatic heterocycles. The van der Waals surface area contributed by atoms with Crippen LogP contribution in [0.3, 0.4) is 0 Å². The van der Waals surface area contributed by atoms with Gasteiger partial charge in [0.15, 0.2) is 5.65 Å². The molecule has 1 saturated carbocycles. The summed E-state index contributed by atoms with van der Waals surface area (Å²) in [5.41, 5.74) is 1.45. The highest BCUT2D eigenvalue weighted by atomic mass is 16.5. The van der Waals surface area contributed by atoms with E-state index in [4.69, 9.17) is 4.74 Å². The fraction of sp³-hybridized carbons (Fsp3) is 0.444. The largest absolute Gasteiger partial charge is 0.457 e. The zero-order chi connectivity index (χ0) is 9.60. The lowest BCUT2D eigenvalue weighted by molar-refractivity contribution is 0.183. The molecule has 2 aromatic rings. The minimum atomic E-state index is -0.0377. The van der Waals surface area contributed by atoms with Crippen molar-refractivity contribution in [2.45, 2.75) is 25.4 Å². The van der Waals surface area contributed by atoms with Gasteiger partial charge in [0.25, 0.3) is 0 Å². The van der Waals surface area contributed by atoms with Crippen molar-refractivity contribution in [2.24, 2.45) is 0 Å². The van der Waals surface area contributed by atoms with Crippen LogP contribution in [0.4, 0.5) is 0 Å². The van der Waals surface area contributed by atoms with E-state index in [0.717, 1.165) is 18.4 Å². The summed E-state index contributed by atoms with van der Waals surface area (Å²) in [6.07, 6.45) is 5.45. The molecule has 0 spiro atoms. The number of hydrogen-bond acceptors (Lipinski definition) is 4. The molecule has 1 fully saturated rings. The third-order valence-electron chi connectivity index (χ3n) is 2.45. The highest BCUT2D eigenvalue weighted by Crippen LogP contribution is 2.38. The highest BCUT2D eigenvalue weighted by Gasteiger charge is 2.40. The number of hydrogen-bond donors (Lipinski definition) is 1. The van der Waals surface area contributed by atoms with E-state index in [1.807, 2.05) is 0 Å². The van der Waals surface area contributed by atoms with E-state index >= 15 is 0 Å². The average Bonchev–Trinajstić information content (AvgIpc) is 2.73. The molecule has 1 aliphatic rings. The van der Waals surface area contributed by atoms with Gasteiger partial charge in [0.1, 0.15) is 11.1 Å². The van der Waals surface area contributed by atoms with E-state index in [0.29, 0.717) is 11.7 Å². The monoisotopic (exact) mass is 190 g/mol. The van der Waals surface area contributed by atoms with Gasteiger partial charge in [0.05, 0.1) is 12.5 Å². The van der Waals surface area contributed by atoms with Crippen LogP contribution in [0.25, 0.3) is 11.2 Å². The molecule has 1 N–H and O–H groups in total. The highest BCUT2D eigenvalue weighted by molar-refractivity contribution is 5.68. The second kappa shape index (κ2) is 2.43. The van der Waals surface area contributed by atoms with Gasteiger partial charge in [-0.2, -0.15) is 4.98 Å². The van der Waals surface area contributed by atoms with E-state index in [1.54, 1.807) is 12.5 Å². The fourth-order valence-corrected chi connectivity index (χ4v) is 1.27. The second-order valence-electron chi connectivity index (χ2n) is 3.84. The summed E-state index contributed by atoms with van der Waals surface area (Å²) in [5.74, 6) is 0. The molecule has 3 rings (SSSR count). The van der Waals surface area contributed by atoms with Crippen molar-refractivity contribution in [3.8, 4) is 6.01 Å². The predicted octanol–water partition coefficient (Wildman–Crippen LogP) is 1.28. The smallest absolute Gasteiger partial charge is 0.319 e. The Morgan fingerprint density at radius 3 is 3.07 bits per heavy atom. The first-order valence-electron chi connectivity index (χ1n) is 4.60. The predicted molar refractivity (Wildman–Crippen MR) is 50.0 cm³/mol. The van der Waals surface area contributed by atoms with Crippen LogP contribution in [0.2, 0.25) is 0 Å². The SMILES string of the molecule is CC1(Oc2ncc3[nH]cnc3n2)CC1. The van der Waals surface area contributed by atoms with Gasteiger partial charge in [-0.15, -0.1) is 0 Å². The normalized spacial score (nSPS) is 18.4. The van der Waals surface area contributed by atoms with Crippen molar-refractivity contribution in [2.75, 3.05) is 0 Å². The zero-order valence-electron chi connectivity index (χ0n) is 7.82. The van der Waals surface area contributed by atoms with E-state index in [2.05, 4.69) is 26.9 Å². The lowest BCUT2D eigenvalue weighted by Crippen LogP contribution is -2.14. The Labute approximate surface area is 80.5 Å². The number of aromatic nitrogens is 4. The molecule has 1 aliphatic carbocycles. The van der Waals surface area contributed by atoms with Crippen LogP contribution >= 0.6 is 0 Å². The average molecular weight is 190 g/mol. The van der Waals surface area contributed by atoms with Crippen molar-refractivity contribution >= 4 is 11.2 Å². The first-order valence-corrected chi connectivity index (χ1v) is 4.60. The molecule has 2 heterocycles. The van der Waals surface area contributed by atoms with Crippen molar-refractivity contribution in [3.05, 3.63) is 12.5 Å². The topological polar surface area (TPSA) is 63.7 Å². The summed E-state index contributed by atoms with van der Waals surface area (Å²) in [6, 6.07) is 0.421. The molecular formula is C9H10N4O. The molecule has 0 saturated heterocycles. The van der Waals surface area contributed by atoms with Gasteiger partial charge in [0, 0.05) is 0 Å². The second-order valence-corrected chi connectivity index (χ2v) is 3.84. The number of H-pyrrole nitrogens is 1. The van der Waals surface area contributed by atoms with Gasteiger partial charge < -0.3 is 9.72 Å². The summed E-state index contributed by atoms with van der Waals surface area (Å²) in [4.78, 5) is 15.3. The number of imidazole rings is 1. The van der Waals surface area contributed by atoms with Gasteiger partial charge in [-0.25, -0.2) is 9.97 Å². The Hall–Kier alpha value is -1.65. The lowest BCUT2D eigenvalue weighted by Gasteiger charge is -2.09. The molecular weight excluding hydrogens is 180 g/mol. The van der Waals surface area contributed by atoms with Crippen LogP contribution in [0.1, 0.15) is 19.8 Å². The standard InChI is InChI=1S/C9H10N4O/c1-9(2-3-9)14-8-10-4-6-7(13-8)12-5-11-6/h4-5H,2-3H2,1H3,(H,10,11,12,13). The number of rotatable bonds is 2. The van der Waals surface area contributed by atoms with Crippen molar-refractivity contribution < 1.29 is 4.74 Å². The summed E-state index contributed by atoms with van der Waals surface area (Å²) in [5, 5.41) is 0. The van der Waals surface area contributed by atoms with Crippen LogP contribution in [-0.4, -0.2) is 25.5 Å². The van der Waals surface area contributed by atoms with Gasteiger partial charge in [-0.3, -0.25) is 0 Å². The third kappa shape index (κ3) is 1.21. The minimum absolute atomic E-state index is 0.0377. The molecule has 5 heteroatoms. The first kappa shape index (κ1) is 7.73. The molecule has 5 nitrogen and oxygen atoms in total. The minimum Gasteiger partial charge on any atom is -0.457 e. The van der Waals surface area contributed by atoms with Crippen molar-refractivity contribution in [1.82, 2.24) is 19.9 Å². The van der Waals surface area contributed by atoms with Gasteiger partial charge in [-0.05, 0) is 19.8 Å². The Balaban J connectivity index is 1.97. The van der Waals surface area contributed by atoms with E-state index in [9.17, 15) is 0 Å². The Bertz CT molecular complexity index is 474. The van der Waals surface area contributed by atoms with Crippen LogP contribution in [0, 0.1) is 0 Å². The van der Waals surface area contributed by atoms with Crippen LogP contribution in [-0.2, 0) is 0 Å². The molecule has 0 atom stereocenters. The summed E-state index contributed by atoms with van der Waals surface area (Å²) < 4.78 is 5.61. The quantitative estimate of drug-likeness (QED) is 0.774. The molecule has 0 radical (unpaired) electrons. The fourth-order valence-electron chi connectivity index (χ4n) is 1.27. The lowest BCUT2D eigenvalue weighted by atomic mass is 10.4. The number of aromatic amines is 1. The number of nitrogens with zero attached hydrogens (tertiary/aromatic N) is 3. The number of fused-ring (bicyclic) bond motifs is 1. The van der Waals surface area contributed by atoms with Gasteiger partial charge in [0.2, 0.25) is 0 Å². The van der Waals surface area contributed by atoms with Crippen LogP contribution in [0.15, 0.2) is 12.5 Å². The molecule has 72 valence electrons. The molecule has 0 amide bonds. The maximum atomic E-state index is 5.61. The molecule has 0 aromatic carbocycles. The van der Waals surface area contributed by atoms with Crippen molar-refractivity contribution in [3.63, 3.8) is 0 Å². The van der Waals surface area contributed by atoms with Crippen LogP contribution < -0.4 is 4.74 Å². The van der Waals surface area contributed by atoms with Crippen LogP contribution in [0.5, 0.6) is 6.01 Å². The molecule has 0 bridgehead atoms. The Morgan fingerprint density at radius 1 is 1.43 bits per heavy atom. The van der Waals surface area contributed by atoms with Gasteiger partial charge in [-0.1, -0.05) is 0 Å².